The fraction of sp³-hybridized carbons (Fsp3) is 0.562. The van der Waals surface area contributed by atoms with Gasteiger partial charge in [0.2, 0.25) is 0 Å². The molecule has 2 aliphatic carbocycles. The second kappa shape index (κ2) is 4.97. The third kappa shape index (κ3) is 2.27. The molecule has 0 radical (unpaired) electrons. The Morgan fingerprint density at radius 2 is 2.00 bits per heavy atom. The summed E-state index contributed by atoms with van der Waals surface area (Å²) in [4.78, 5) is 11.7. The van der Waals surface area contributed by atoms with Crippen LogP contribution in [0.15, 0.2) is 30.3 Å². The van der Waals surface area contributed by atoms with Crippen LogP contribution >= 0.6 is 0 Å². The van der Waals surface area contributed by atoms with Crippen molar-refractivity contribution in [1.29, 1.82) is 0 Å². The number of esters is 1. The van der Waals surface area contributed by atoms with E-state index in [1.54, 1.807) is 0 Å². The molecule has 2 fully saturated rings. The van der Waals surface area contributed by atoms with Gasteiger partial charge in [0.05, 0.1) is 25.7 Å². The minimum Gasteiger partial charge on any atom is -0.469 e. The van der Waals surface area contributed by atoms with Crippen LogP contribution in [-0.4, -0.2) is 19.2 Å². The summed E-state index contributed by atoms with van der Waals surface area (Å²) < 4.78 is 10.9. The summed E-state index contributed by atoms with van der Waals surface area (Å²) in [5, 5.41) is 0. The van der Waals surface area contributed by atoms with Gasteiger partial charge in [0.25, 0.3) is 0 Å². The zero-order valence-corrected chi connectivity index (χ0v) is 11.4. The van der Waals surface area contributed by atoms with E-state index in [9.17, 15) is 4.79 Å². The summed E-state index contributed by atoms with van der Waals surface area (Å²) in [7, 11) is 1.47. The van der Waals surface area contributed by atoms with Crippen LogP contribution in [0.1, 0.15) is 18.9 Å². The molecule has 2 aliphatic rings. The predicted molar refractivity (Wildman–Crippen MR) is 71.3 cm³/mol. The van der Waals surface area contributed by atoms with E-state index in [2.05, 4.69) is 19.1 Å². The van der Waals surface area contributed by atoms with Gasteiger partial charge in [-0.3, -0.25) is 4.79 Å². The lowest BCUT2D eigenvalue weighted by molar-refractivity contribution is -0.146. The maximum absolute atomic E-state index is 11.7. The lowest BCUT2D eigenvalue weighted by Crippen LogP contribution is -2.22. The molecule has 3 rings (SSSR count). The van der Waals surface area contributed by atoms with E-state index in [0.717, 1.165) is 6.42 Å². The van der Waals surface area contributed by atoms with Crippen molar-refractivity contribution in [2.75, 3.05) is 7.11 Å². The third-order valence-corrected chi connectivity index (χ3v) is 4.71. The Hall–Kier alpha value is -1.35. The fourth-order valence-electron chi connectivity index (χ4n) is 3.67. The molecule has 2 saturated carbocycles. The van der Waals surface area contributed by atoms with Crippen molar-refractivity contribution < 1.29 is 14.3 Å². The average molecular weight is 260 g/mol. The van der Waals surface area contributed by atoms with Gasteiger partial charge in [-0.25, -0.2) is 0 Å². The zero-order valence-electron chi connectivity index (χ0n) is 11.4. The van der Waals surface area contributed by atoms with Crippen LogP contribution in [-0.2, 0) is 20.9 Å². The molecule has 19 heavy (non-hydrogen) atoms. The van der Waals surface area contributed by atoms with Crippen molar-refractivity contribution in [3.8, 4) is 0 Å². The van der Waals surface area contributed by atoms with E-state index in [-0.39, 0.29) is 18.0 Å². The number of rotatable bonds is 4. The summed E-state index contributed by atoms with van der Waals surface area (Å²) in [6.45, 7) is 2.85. The highest BCUT2D eigenvalue weighted by Gasteiger charge is 2.63. The summed E-state index contributed by atoms with van der Waals surface area (Å²) in [5.41, 5.74) is 1.19. The normalized spacial score (nSPS) is 35.8. The van der Waals surface area contributed by atoms with Crippen LogP contribution in [0.3, 0.4) is 0 Å². The number of carbonyl (C=O) groups is 1. The van der Waals surface area contributed by atoms with E-state index in [1.165, 1.54) is 12.7 Å². The van der Waals surface area contributed by atoms with E-state index >= 15 is 0 Å². The quantitative estimate of drug-likeness (QED) is 0.781. The minimum absolute atomic E-state index is 0.0470. The average Bonchev–Trinajstić information content (AvgIpc) is 2.95. The number of hydrogen-bond donors (Lipinski definition) is 0. The van der Waals surface area contributed by atoms with Crippen molar-refractivity contribution in [2.24, 2.45) is 23.7 Å². The van der Waals surface area contributed by atoms with Gasteiger partial charge < -0.3 is 9.47 Å². The van der Waals surface area contributed by atoms with Crippen LogP contribution in [0.5, 0.6) is 0 Å². The van der Waals surface area contributed by atoms with Gasteiger partial charge in [-0.05, 0) is 29.7 Å². The van der Waals surface area contributed by atoms with Gasteiger partial charge in [0, 0.05) is 0 Å². The van der Waals surface area contributed by atoms with Crippen molar-refractivity contribution in [1.82, 2.24) is 0 Å². The number of ether oxygens (including phenoxy) is 2. The molecule has 0 aliphatic heterocycles. The van der Waals surface area contributed by atoms with Crippen LogP contribution < -0.4 is 0 Å². The number of hydrogen-bond acceptors (Lipinski definition) is 3. The van der Waals surface area contributed by atoms with Crippen LogP contribution in [0.2, 0.25) is 0 Å². The van der Waals surface area contributed by atoms with Crippen LogP contribution in [0.25, 0.3) is 0 Å². The van der Waals surface area contributed by atoms with E-state index in [1.807, 2.05) is 18.2 Å². The summed E-state index contributed by atoms with van der Waals surface area (Å²) in [6.07, 6.45) is 1.03. The van der Waals surface area contributed by atoms with Gasteiger partial charge in [-0.2, -0.15) is 0 Å². The molecule has 0 spiro atoms. The maximum Gasteiger partial charge on any atom is 0.309 e. The molecule has 102 valence electrons. The highest BCUT2D eigenvalue weighted by atomic mass is 16.5. The highest BCUT2D eigenvalue weighted by Crippen LogP contribution is 2.61. The van der Waals surface area contributed by atoms with Crippen molar-refractivity contribution in [3.63, 3.8) is 0 Å². The second-order valence-corrected chi connectivity index (χ2v) is 5.71. The molecule has 0 amide bonds. The minimum atomic E-state index is -0.0647. The van der Waals surface area contributed by atoms with Crippen LogP contribution in [0.4, 0.5) is 0 Å². The molecular formula is C16H20O3. The van der Waals surface area contributed by atoms with Gasteiger partial charge in [-0.15, -0.1) is 0 Å². The third-order valence-electron chi connectivity index (χ3n) is 4.71. The Bertz CT molecular complexity index is 456. The molecule has 0 bridgehead atoms. The predicted octanol–water partition coefficient (Wildman–Crippen LogP) is 2.65. The Balaban J connectivity index is 1.60. The zero-order chi connectivity index (χ0) is 13.4. The molecule has 3 nitrogen and oxygen atoms in total. The topological polar surface area (TPSA) is 35.5 Å². The Morgan fingerprint density at radius 1 is 1.26 bits per heavy atom. The number of benzene rings is 1. The molecule has 3 heteroatoms. The molecule has 0 saturated heterocycles. The monoisotopic (exact) mass is 260 g/mol. The SMILES string of the molecule is COC(=O)C1CC(OCc2ccccc2)C2C(C)C12. The summed E-state index contributed by atoms with van der Waals surface area (Å²) >= 11 is 0. The second-order valence-electron chi connectivity index (χ2n) is 5.71. The number of fused-ring (bicyclic) bond motifs is 1. The standard InChI is InChI=1S/C16H20O3/c1-10-14-12(16(17)18-2)8-13(15(10)14)19-9-11-6-4-3-5-7-11/h3-7,10,12-15H,8-9H2,1-2H3. The first-order valence-corrected chi connectivity index (χ1v) is 6.95. The first-order valence-electron chi connectivity index (χ1n) is 6.95. The van der Waals surface area contributed by atoms with E-state index in [0.29, 0.717) is 24.4 Å². The lowest BCUT2D eigenvalue weighted by atomic mass is 10.00. The fourth-order valence-corrected chi connectivity index (χ4v) is 3.67. The van der Waals surface area contributed by atoms with E-state index in [4.69, 9.17) is 9.47 Å². The maximum atomic E-state index is 11.7. The molecule has 1 aromatic carbocycles. The number of methoxy groups -OCH3 is 1. The smallest absolute Gasteiger partial charge is 0.309 e. The van der Waals surface area contributed by atoms with Crippen molar-refractivity contribution >= 4 is 5.97 Å². The molecule has 0 aromatic heterocycles. The van der Waals surface area contributed by atoms with Gasteiger partial charge in [-0.1, -0.05) is 37.3 Å². The molecular weight excluding hydrogens is 240 g/mol. The first-order chi connectivity index (χ1) is 9.22. The largest absolute Gasteiger partial charge is 0.469 e. The Kier molecular flexibility index (Phi) is 3.31. The van der Waals surface area contributed by atoms with Crippen LogP contribution in [0, 0.1) is 23.7 Å². The first kappa shape index (κ1) is 12.7. The van der Waals surface area contributed by atoms with Crippen molar-refractivity contribution in [3.05, 3.63) is 35.9 Å². The molecule has 1 aromatic rings. The molecule has 0 heterocycles. The molecule has 5 unspecified atom stereocenters. The van der Waals surface area contributed by atoms with Gasteiger partial charge in [0.15, 0.2) is 0 Å². The Labute approximate surface area is 113 Å². The van der Waals surface area contributed by atoms with Gasteiger partial charge in [0.1, 0.15) is 0 Å². The van der Waals surface area contributed by atoms with E-state index < -0.39 is 0 Å². The highest BCUT2D eigenvalue weighted by molar-refractivity contribution is 5.74. The summed E-state index contributed by atoms with van der Waals surface area (Å²) in [6, 6.07) is 10.2. The lowest BCUT2D eigenvalue weighted by Gasteiger charge is -2.17. The molecule has 5 atom stereocenters. The Morgan fingerprint density at radius 3 is 2.68 bits per heavy atom. The molecule has 0 N–H and O–H groups in total. The van der Waals surface area contributed by atoms with Gasteiger partial charge >= 0.3 is 5.97 Å². The number of carbonyl (C=O) groups excluding carboxylic acids is 1. The summed E-state index contributed by atoms with van der Waals surface area (Å²) in [5.74, 6) is 1.61. The van der Waals surface area contributed by atoms with Crippen molar-refractivity contribution in [2.45, 2.75) is 26.1 Å².